The van der Waals surface area contributed by atoms with Gasteiger partial charge in [0, 0.05) is 15.0 Å². The first-order valence-corrected chi connectivity index (χ1v) is 9.07. The number of benzene rings is 1. The minimum atomic E-state index is -4.00. The van der Waals surface area contributed by atoms with Crippen LogP contribution in [-0.2, 0) is 10.0 Å². The predicted molar refractivity (Wildman–Crippen MR) is 86.0 cm³/mol. The van der Waals surface area contributed by atoms with Crippen molar-refractivity contribution in [3.05, 3.63) is 43.6 Å². The van der Waals surface area contributed by atoms with Crippen LogP contribution in [0.3, 0.4) is 0 Å². The summed E-state index contributed by atoms with van der Waals surface area (Å²) in [6.07, 6.45) is 0. The molecule has 0 aliphatic rings. The molecule has 1 aromatic heterocycles. The van der Waals surface area contributed by atoms with Crippen LogP contribution in [0.4, 0.5) is 5.69 Å². The van der Waals surface area contributed by atoms with Crippen molar-refractivity contribution in [3.8, 4) is 0 Å². The van der Waals surface area contributed by atoms with E-state index in [9.17, 15) is 13.2 Å². The highest BCUT2D eigenvalue weighted by Gasteiger charge is 2.25. The van der Waals surface area contributed by atoms with Crippen LogP contribution in [0, 0.1) is 0 Å². The largest absolute Gasteiger partial charge is 0.475 e. The highest BCUT2D eigenvalue weighted by Crippen LogP contribution is 2.31. The van der Waals surface area contributed by atoms with Crippen molar-refractivity contribution < 1.29 is 22.7 Å². The van der Waals surface area contributed by atoms with Gasteiger partial charge in [-0.25, -0.2) is 13.2 Å². The maximum absolute atomic E-state index is 12.3. The third kappa shape index (κ3) is 3.68. The van der Waals surface area contributed by atoms with Crippen molar-refractivity contribution in [1.29, 1.82) is 0 Å². The number of hydrogen-bond donors (Lipinski definition) is 2. The normalized spacial score (nSPS) is 11.4. The Morgan fingerprint density at radius 2 is 1.86 bits per heavy atom. The van der Waals surface area contributed by atoms with Gasteiger partial charge >= 0.3 is 5.97 Å². The number of nitrogens with one attached hydrogen (secondary N) is 1. The number of aromatic carboxylic acids is 1. The van der Waals surface area contributed by atoms with Gasteiger partial charge in [0.2, 0.25) is 5.76 Å². The molecule has 0 bridgehead atoms. The lowest BCUT2D eigenvalue weighted by Crippen LogP contribution is -2.13. The minimum Gasteiger partial charge on any atom is -0.475 e. The van der Waals surface area contributed by atoms with Gasteiger partial charge in [-0.2, -0.15) is 0 Å². The van der Waals surface area contributed by atoms with Crippen LogP contribution in [0.5, 0.6) is 0 Å². The molecule has 0 spiro atoms. The van der Waals surface area contributed by atoms with Crippen LogP contribution < -0.4 is 4.72 Å². The Labute approximate surface area is 145 Å². The third-order valence-electron chi connectivity index (χ3n) is 2.33. The number of anilines is 1. The molecule has 1 heterocycles. The molecular formula is C11H6Br3NO5S. The van der Waals surface area contributed by atoms with Gasteiger partial charge in [0.25, 0.3) is 10.0 Å². The van der Waals surface area contributed by atoms with Gasteiger partial charge in [0.05, 0.1) is 5.69 Å². The van der Waals surface area contributed by atoms with Gasteiger partial charge in [0.15, 0.2) is 4.67 Å². The SMILES string of the molecule is O=C(O)c1cc(S(=O)(=O)Nc2cc(Br)ccc2Br)c(Br)o1. The Morgan fingerprint density at radius 1 is 1.19 bits per heavy atom. The molecule has 0 fully saturated rings. The average molecular weight is 504 g/mol. The van der Waals surface area contributed by atoms with Crippen molar-refractivity contribution in [1.82, 2.24) is 0 Å². The lowest BCUT2D eigenvalue weighted by atomic mass is 10.3. The molecule has 6 nitrogen and oxygen atoms in total. The van der Waals surface area contributed by atoms with E-state index in [-0.39, 0.29) is 9.56 Å². The Bertz CT molecular complexity index is 815. The summed E-state index contributed by atoms with van der Waals surface area (Å²) in [6, 6.07) is 5.89. The van der Waals surface area contributed by atoms with Crippen molar-refractivity contribution in [2.24, 2.45) is 0 Å². The van der Waals surface area contributed by atoms with Crippen molar-refractivity contribution in [3.63, 3.8) is 0 Å². The Kier molecular flexibility index (Phi) is 4.81. The monoisotopic (exact) mass is 501 g/mol. The molecular weight excluding hydrogens is 498 g/mol. The highest BCUT2D eigenvalue weighted by atomic mass is 79.9. The topological polar surface area (TPSA) is 96.6 Å². The number of carbonyl (C=O) groups is 1. The molecule has 2 rings (SSSR count). The highest BCUT2D eigenvalue weighted by molar-refractivity contribution is 9.11. The summed E-state index contributed by atoms with van der Waals surface area (Å²) in [5.41, 5.74) is 0.300. The summed E-state index contributed by atoms with van der Waals surface area (Å²) in [5, 5.41) is 8.82. The van der Waals surface area contributed by atoms with Crippen molar-refractivity contribution >= 4 is 69.5 Å². The molecule has 0 saturated heterocycles. The molecule has 0 aliphatic heterocycles. The van der Waals surface area contributed by atoms with Crippen molar-refractivity contribution in [2.45, 2.75) is 4.90 Å². The van der Waals surface area contributed by atoms with Crippen LogP contribution in [0.1, 0.15) is 10.6 Å². The summed E-state index contributed by atoms with van der Waals surface area (Å²) >= 11 is 9.36. The molecule has 0 amide bonds. The Hall–Kier alpha value is -0.840. The molecule has 0 atom stereocenters. The first-order valence-electron chi connectivity index (χ1n) is 5.21. The van der Waals surface area contributed by atoms with E-state index >= 15 is 0 Å². The number of rotatable bonds is 4. The molecule has 21 heavy (non-hydrogen) atoms. The van der Waals surface area contributed by atoms with Gasteiger partial charge < -0.3 is 9.52 Å². The summed E-state index contributed by atoms with van der Waals surface area (Å²) < 4.78 is 32.8. The lowest BCUT2D eigenvalue weighted by molar-refractivity contribution is 0.0661. The van der Waals surface area contributed by atoms with E-state index in [0.29, 0.717) is 14.6 Å². The van der Waals surface area contributed by atoms with Gasteiger partial charge in [0.1, 0.15) is 4.90 Å². The molecule has 0 radical (unpaired) electrons. The zero-order valence-electron chi connectivity index (χ0n) is 9.93. The van der Waals surface area contributed by atoms with Gasteiger partial charge in [-0.15, -0.1) is 0 Å². The molecule has 2 aromatic rings. The second-order valence-electron chi connectivity index (χ2n) is 3.78. The quantitative estimate of drug-likeness (QED) is 0.655. The van der Waals surface area contributed by atoms with Crippen LogP contribution in [-0.4, -0.2) is 19.5 Å². The second kappa shape index (κ2) is 6.11. The fourth-order valence-corrected chi connectivity index (χ4v) is 4.27. The second-order valence-corrected chi connectivity index (χ2v) is 7.92. The Balaban J connectivity index is 2.43. The fraction of sp³-hybridized carbons (Fsp3) is 0. The molecule has 10 heteroatoms. The zero-order chi connectivity index (χ0) is 15.8. The smallest absolute Gasteiger partial charge is 0.371 e. The first-order chi connectivity index (χ1) is 9.70. The number of hydrogen-bond acceptors (Lipinski definition) is 4. The molecule has 0 unspecified atom stereocenters. The average Bonchev–Trinajstić information content (AvgIpc) is 2.77. The van der Waals surface area contributed by atoms with E-state index in [0.717, 1.165) is 6.07 Å². The van der Waals surface area contributed by atoms with Crippen LogP contribution >= 0.6 is 47.8 Å². The van der Waals surface area contributed by atoms with E-state index in [1.54, 1.807) is 18.2 Å². The first kappa shape index (κ1) is 16.5. The summed E-state index contributed by atoms with van der Waals surface area (Å²) in [6.45, 7) is 0. The molecule has 1 aromatic carbocycles. The van der Waals surface area contributed by atoms with Crippen LogP contribution in [0.15, 0.2) is 47.2 Å². The van der Waals surface area contributed by atoms with E-state index in [2.05, 4.69) is 52.5 Å². The molecule has 0 saturated carbocycles. The third-order valence-corrected chi connectivity index (χ3v) is 5.74. The van der Waals surface area contributed by atoms with Crippen molar-refractivity contribution in [2.75, 3.05) is 4.72 Å². The summed E-state index contributed by atoms with van der Waals surface area (Å²) in [4.78, 5) is 10.5. The minimum absolute atomic E-state index is 0.182. The van der Waals surface area contributed by atoms with Gasteiger partial charge in [-0.1, -0.05) is 15.9 Å². The lowest BCUT2D eigenvalue weighted by Gasteiger charge is -2.09. The molecule has 112 valence electrons. The van der Waals surface area contributed by atoms with Gasteiger partial charge in [-0.05, 0) is 50.1 Å². The standard InChI is InChI=1S/C11H6Br3NO5S/c12-5-1-2-6(13)7(3-5)15-21(18,19)9-4-8(11(16)17)20-10(9)14/h1-4,15H,(H,16,17). The van der Waals surface area contributed by atoms with Gasteiger partial charge in [-0.3, -0.25) is 4.72 Å². The predicted octanol–water partition coefficient (Wildman–Crippen LogP) is 4.07. The number of furan rings is 1. The summed E-state index contributed by atoms with van der Waals surface area (Å²) in [7, 11) is -4.00. The zero-order valence-corrected chi connectivity index (χ0v) is 15.5. The number of carboxylic acids is 1. The summed E-state index contributed by atoms with van der Waals surface area (Å²) in [5.74, 6) is -1.84. The van der Waals surface area contributed by atoms with E-state index in [1.807, 2.05) is 0 Å². The van der Waals surface area contributed by atoms with Crippen LogP contribution in [0.2, 0.25) is 0 Å². The molecule has 2 N–H and O–H groups in total. The van der Waals surface area contributed by atoms with Crippen LogP contribution in [0.25, 0.3) is 0 Å². The van der Waals surface area contributed by atoms with E-state index in [1.165, 1.54) is 0 Å². The fourth-order valence-electron chi connectivity index (χ4n) is 1.42. The number of carboxylic acid groups (broad SMARTS) is 1. The van der Waals surface area contributed by atoms with E-state index in [4.69, 9.17) is 9.52 Å². The maximum atomic E-state index is 12.3. The van der Waals surface area contributed by atoms with E-state index < -0.39 is 21.8 Å². The maximum Gasteiger partial charge on any atom is 0.371 e. The Morgan fingerprint density at radius 3 is 2.43 bits per heavy atom. The molecule has 0 aliphatic carbocycles. The number of sulfonamides is 1. The number of halogens is 3.